The summed E-state index contributed by atoms with van der Waals surface area (Å²) in [5, 5.41) is 6.89. The van der Waals surface area contributed by atoms with Crippen LogP contribution >= 0.6 is 12.2 Å². The average Bonchev–Trinajstić information content (AvgIpc) is 3.48. The predicted octanol–water partition coefficient (Wildman–Crippen LogP) is 5.04. The third-order valence-corrected chi connectivity index (χ3v) is 7.43. The number of hydrogen-bond donors (Lipinski definition) is 2. The summed E-state index contributed by atoms with van der Waals surface area (Å²) in [6, 6.07) is 22.5. The van der Waals surface area contributed by atoms with Crippen molar-refractivity contribution in [2.75, 3.05) is 31.0 Å². The fraction of sp³-hybridized carbons (Fsp3) is 0.226. The Morgan fingerprint density at radius 3 is 2.46 bits per heavy atom. The number of ether oxygens (including phenoxy) is 2. The molecular weight excluding hydrogens is 538 g/mol. The first-order valence-electron chi connectivity index (χ1n) is 13.1. The van der Waals surface area contributed by atoms with Gasteiger partial charge in [-0.25, -0.2) is 4.79 Å². The topological polar surface area (TPSA) is 97.7 Å². The number of aromatic nitrogens is 2. The maximum atomic E-state index is 12.2. The van der Waals surface area contributed by atoms with E-state index in [1.165, 1.54) is 14.2 Å². The second-order valence-corrected chi connectivity index (χ2v) is 10.1. The van der Waals surface area contributed by atoms with Crippen molar-refractivity contribution < 1.29 is 19.1 Å². The zero-order chi connectivity index (χ0) is 29.1. The van der Waals surface area contributed by atoms with E-state index in [4.69, 9.17) is 21.7 Å². The number of carbonyl (C=O) groups excluding carboxylic acids is 2. The van der Waals surface area contributed by atoms with E-state index in [-0.39, 0.29) is 30.6 Å². The van der Waals surface area contributed by atoms with Gasteiger partial charge in [-0.15, -0.1) is 0 Å². The Morgan fingerprint density at radius 1 is 1.00 bits per heavy atom. The molecule has 0 bridgehead atoms. The van der Waals surface area contributed by atoms with Crippen molar-refractivity contribution in [3.05, 3.63) is 107 Å². The molecule has 4 aromatic rings. The highest BCUT2D eigenvalue weighted by molar-refractivity contribution is 7.80. The van der Waals surface area contributed by atoms with Crippen molar-refractivity contribution in [3.8, 4) is 5.69 Å². The first kappa shape index (κ1) is 28.0. The Morgan fingerprint density at radius 2 is 1.78 bits per heavy atom. The average molecular weight is 570 g/mol. The first-order chi connectivity index (χ1) is 19.8. The van der Waals surface area contributed by atoms with Gasteiger partial charge >= 0.3 is 5.97 Å². The summed E-state index contributed by atoms with van der Waals surface area (Å²) < 4.78 is 12.0. The number of pyridine rings is 1. The van der Waals surface area contributed by atoms with Gasteiger partial charge in [-0.2, -0.15) is 0 Å². The lowest BCUT2D eigenvalue weighted by Crippen LogP contribution is -2.29. The van der Waals surface area contributed by atoms with Gasteiger partial charge in [-0.3, -0.25) is 9.78 Å². The van der Waals surface area contributed by atoms with E-state index in [1.54, 1.807) is 12.3 Å². The van der Waals surface area contributed by atoms with E-state index in [0.29, 0.717) is 16.4 Å². The smallest absolute Gasteiger partial charge is 0.337 e. The summed E-state index contributed by atoms with van der Waals surface area (Å²) in [5.74, 6) is -0.612. The van der Waals surface area contributed by atoms with Crippen LogP contribution in [0.25, 0.3) is 5.69 Å². The van der Waals surface area contributed by atoms with Crippen molar-refractivity contribution in [2.24, 2.45) is 0 Å². The number of amides is 1. The second kappa shape index (κ2) is 11.9. The molecule has 1 aliphatic heterocycles. The molecule has 0 radical (unpaired) electrons. The van der Waals surface area contributed by atoms with E-state index in [2.05, 4.69) is 38.1 Å². The fourth-order valence-corrected chi connectivity index (χ4v) is 5.70. The Balaban J connectivity index is 1.58. The number of carbonyl (C=O) groups is 2. The van der Waals surface area contributed by atoms with Crippen LogP contribution in [0.2, 0.25) is 0 Å². The van der Waals surface area contributed by atoms with Crippen LogP contribution in [0.5, 0.6) is 0 Å². The molecule has 1 saturated heterocycles. The number of esters is 1. The van der Waals surface area contributed by atoms with Gasteiger partial charge in [0.25, 0.3) is 0 Å². The number of anilines is 2. The highest BCUT2D eigenvalue weighted by Crippen LogP contribution is 2.44. The first-order valence-corrected chi connectivity index (χ1v) is 13.5. The summed E-state index contributed by atoms with van der Waals surface area (Å²) in [7, 11) is 2.86. The molecule has 2 atom stereocenters. The Labute approximate surface area is 244 Å². The minimum absolute atomic E-state index is 0.0200. The van der Waals surface area contributed by atoms with E-state index in [1.807, 2.05) is 67.6 Å². The van der Waals surface area contributed by atoms with E-state index >= 15 is 0 Å². The van der Waals surface area contributed by atoms with Gasteiger partial charge in [0.1, 0.15) is 6.61 Å². The summed E-state index contributed by atoms with van der Waals surface area (Å²) in [4.78, 5) is 31.0. The highest BCUT2D eigenvalue weighted by atomic mass is 32.1. The molecule has 1 aliphatic rings. The zero-order valence-electron chi connectivity index (χ0n) is 23.3. The van der Waals surface area contributed by atoms with Gasteiger partial charge in [0.2, 0.25) is 5.91 Å². The number of nitrogens with zero attached hydrogens (tertiary/aromatic N) is 3. The van der Waals surface area contributed by atoms with Gasteiger partial charge in [-0.05, 0) is 92.3 Å². The molecule has 0 aliphatic carbocycles. The molecule has 41 heavy (non-hydrogen) atoms. The van der Waals surface area contributed by atoms with Gasteiger partial charge in [0.05, 0.1) is 30.5 Å². The molecule has 2 aromatic heterocycles. The fourth-order valence-electron chi connectivity index (χ4n) is 5.36. The molecule has 1 amide bonds. The number of thiocarbonyl (C=S) groups is 1. The van der Waals surface area contributed by atoms with Crippen LogP contribution in [-0.4, -0.2) is 47.4 Å². The number of nitrogens with one attached hydrogen (secondary N) is 2. The summed E-state index contributed by atoms with van der Waals surface area (Å²) >= 11 is 5.89. The van der Waals surface area contributed by atoms with E-state index in [9.17, 15) is 9.59 Å². The van der Waals surface area contributed by atoms with E-state index in [0.717, 1.165) is 34.0 Å². The predicted molar refractivity (Wildman–Crippen MR) is 161 cm³/mol. The molecule has 5 rings (SSSR count). The normalized spacial score (nSPS) is 16.4. The SMILES string of the molecule is COCC(=O)Nc1ccc(N2C(=S)N[C@H](c3ccccn3)[C@H]2c2cc(C)n(-c3cccc(C(=O)OC)c3)c2C)cc1. The minimum Gasteiger partial charge on any atom is -0.465 e. The van der Waals surface area contributed by atoms with Crippen molar-refractivity contribution in [1.29, 1.82) is 0 Å². The summed E-state index contributed by atoms with van der Waals surface area (Å²) in [6.45, 7) is 4.09. The van der Waals surface area contributed by atoms with Gasteiger partial charge in [0, 0.05) is 41.8 Å². The Hall–Kier alpha value is -4.54. The van der Waals surface area contributed by atoms with E-state index < -0.39 is 0 Å². The quantitative estimate of drug-likeness (QED) is 0.225. The molecule has 9 nitrogen and oxygen atoms in total. The van der Waals surface area contributed by atoms with Gasteiger partial charge in [-0.1, -0.05) is 12.1 Å². The Kier molecular flexibility index (Phi) is 8.14. The van der Waals surface area contributed by atoms with Crippen molar-refractivity contribution >= 4 is 40.6 Å². The molecule has 0 saturated carbocycles. The van der Waals surface area contributed by atoms with Crippen LogP contribution in [0.4, 0.5) is 11.4 Å². The zero-order valence-corrected chi connectivity index (χ0v) is 24.1. The van der Waals surface area contributed by atoms with Crippen LogP contribution in [0.15, 0.2) is 79.0 Å². The summed E-state index contributed by atoms with van der Waals surface area (Å²) in [5.41, 5.74) is 6.81. The molecular formula is C31H31N5O4S. The molecule has 2 aromatic carbocycles. The van der Waals surface area contributed by atoms with Crippen LogP contribution in [-0.2, 0) is 14.3 Å². The number of aryl methyl sites for hydroxylation is 1. The maximum absolute atomic E-state index is 12.2. The molecule has 3 heterocycles. The molecule has 210 valence electrons. The molecule has 0 unspecified atom stereocenters. The number of benzene rings is 2. The molecule has 10 heteroatoms. The van der Waals surface area contributed by atoms with Crippen molar-refractivity contribution in [3.63, 3.8) is 0 Å². The van der Waals surface area contributed by atoms with Crippen molar-refractivity contribution in [1.82, 2.24) is 14.9 Å². The second-order valence-electron chi connectivity index (χ2n) is 9.73. The maximum Gasteiger partial charge on any atom is 0.337 e. The largest absolute Gasteiger partial charge is 0.465 e. The third kappa shape index (κ3) is 5.57. The van der Waals surface area contributed by atoms with Crippen LogP contribution < -0.4 is 15.5 Å². The van der Waals surface area contributed by atoms with Crippen LogP contribution in [0.3, 0.4) is 0 Å². The summed E-state index contributed by atoms with van der Waals surface area (Å²) in [6.07, 6.45) is 1.78. The number of hydrogen-bond acceptors (Lipinski definition) is 6. The number of methoxy groups -OCH3 is 2. The highest BCUT2D eigenvalue weighted by Gasteiger charge is 2.42. The lowest BCUT2D eigenvalue weighted by atomic mass is 9.96. The van der Waals surface area contributed by atoms with Gasteiger partial charge < -0.3 is 29.6 Å². The van der Waals surface area contributed by atoms with Crippen LogP contribution in [0, 0.1) is 13.8 Å². The lowest BCUT2D eigenvalue weighted by molar-refractivity contribution is -0.119. The lowest BCUT2D eigenvalue weighted by Gasteiger charge is -2.28. The van der Waals surface area contributed by atoms with Gasteiger partial charge in [0.15, 0.2) is 5.11 Å². The molecule has 0 spiro atoms. The van der Waals surface area contributed by atoms with Crippen molar-refractivity contribution in [2.45, 2.75) is 25.9 Å². The molecule has 2 N–H and O–H groups in total. The monoisotopic (exact) mass is 569 g/mol. The standard InChI is InChI=1S/C31H31N5O4S/c1-19-16-25(20(2)35(19)24-9-7-8-21(17-24)30(38)40-4)29-28(26-10-5-6-15-32-26)34-31(41)36(29)23-13-11-22(12-14-23)33-27(37)18-39-3/h5-17,28-29H,18H2,1-4H3,(H,33,37)(H,34,41)/t28-,29-/m1/s1. The number of rotatable bonds is 8. The minimum atomic E-state index is -0.386. The third-order valence-electron chi connectivity index (χ3n) is 7.12. The Bertz CT molecular complexity index is 1590. The molecule has 1 fully saturated rings. The van der Waals surface area contributed by atoms with Crippen LogP contribution in [0.1, 0.15) is 45.1 Å².